The van der Waals surface area contributed by atoms with Gasteiger partial charge in [0.05, 0.1) is 16.1 Å². The molecule has 0 saturated heterocycles. The Morgan fingerprint density at radius 1 is 0.971 bits per heavy atom. The predicted octanol–water partition coefficient (Wildman–Crippen LogP) is 4.58. The third kappa shape index (κ3) is 8.54. The van der Waals surface area contributed by atoms with Crippen molar-refractivity contribution in [3.05, 3.63) is 53.8 Å². The molecule has 0 fully saturated rings. The molecule has 0 saturated carbocycles. The summed E-state index contributed by atoms with van der Waals surface area (Å²) in [5.41, 5.74) is 0.709. The van der Waals surface area contributed by atoms with Crippen molar-refractivity contribution in [1.29, 1.82) is 0 Å². The van der Waals surface area contributed by atoms with E-state index >= 15 is 0 Å². The van der Waals surface area contributed by atoms with Gasteiger partial charge in [-0.25, -0.2) is 22.4 Å². The van der Waals surface area contributed by atoms with Gasteiger partial charge in [-0.1, -0.05) is 13.8 Å². The van der Waals surface area contributed by atoms with E-state index in [0.717, 1.165) is 37.1 Å². The Labute approximate surface area is 193 Å². The number of carboxylic acids is 2. The third-order valence-corrected chi connectivity index (χ3v) is 5.57. The minimum absolute atomic E-state index is 0.0243. The van der Waals surface area contributed by atoms with Gasteiger partial charge in [0.25, 0.3) is 10.0 Å². The highest BCUT2D eigenvalue weighted by atomic mass is 32.2. The summed E-state index contributed by atoms with van der Waals surface area (Å²) in [5, 5.41) is 16.7. The van der Waals surface area contributed by atoms with Crippen molar-refractivity contribution < 1.29 is 45.8 Å². The van der Waals surface area contributed by atoms with Crippen molar-refractivity contribution in [2.24, 2.45) is 0 Å². The molecule has 13 heteroatoms. The SMILES string of the molecule is CCCN(CCC)c1ccc(NS(=O)(=O)c2ccc(F)cc2)cc1C(=O)O.O=C(O)C(F)(F)F. The van der Waals surface area contributed by atoms with Gasteiger partial charge in [-0.05, 0) is 55.3 Å². The molecule has 2 aromatic carbocycles. The predicted molar refractivity (Wildman–Crippen MR) is 117 cm³/mol. The fraction of sp³-hybridized carbons (Fsp3) is 0.333. The van der Waals surface area contributed by atoms with Gasteiger partial charge in [0, 0.05) is 18.8 Å². The number of carbonyl (C=O) groups is 2. The van der Waals surface area contributed by atoms with Crippen LogP contribution in [-0.2, 0) is 14.8 Å². The van der Waals surface area contributed by atoms with Crippen LogP contribution in [0, 0.1) is 5.82 Å². The van der Waals surface area contributed by atoms with Crippen molar-refractivity contribution >= 4 is 33.3 Å². The van der Waals surface area contributed by atoms with Gasteiger partial charge in [0.1, 0.15) is 5.82 Å². The minimum atomic E-state index is -5.08. The number of hydrogen-bond acceptors (Lipinski definition) is 5. The minimum Gasteiger partial charge on any atom is -0.478 e. The van der Waals surface area contributed by atoms with E-state index in [1.807, 2.05) is 18.7 Å². The van der Waals surface area contributed by atoms with Gasteiger partial charge in [-0.3, -0.25) is 4.72 Å². The molecule has 0 aliphatic rings. The third-order valence-electron chi connectivity index (χ3n) is 4.17. The maximum absolute atomic E-state index is 13.0. The molecule has 0 spiro atoms. The van der Waals surface area contributed by atoms with Crippen LogP contribution in [0.5, 0.6) is 0 Å². The molecule has 0 unspecified atom stereocenters. The van der Waals surface area contributed by atoms with Crippen molar-refractivity contribution in [1.82, 2.24) is 0 Å². The monoisotopic (exact) mass is 508 g/mol. The standard InChI is InChI=1S/C19H23FN2O4S.C2HF3O2/c1-3-11-22(12-4-2)18-10-7-15(13-17(18)19(23)24)21-27(25,26)16-8-5-14(20)6-9-16;3-2(4,5)1(6)7/h5-10,13,21H,3-4,11-12H2,1-2H3,(H,23,24);(H,6,7). The lowest BCUT2D eigenvalue weighted by molar-refractivity contribution is -0.192. The van der Waals surface area contributed by atoms with Crippen LogP contribution in [-0.4, -0.2) is 49.8 Å². The summed E-state index contributed by atoms with van der Waals surface area (Å²) >= 11 is 0. The van der Waals surface area contributed by atoms with E-state index in [1.165, 1.54) is 12.1 Å². The van der Waals surface area contributed by atoms with Crippen LogP contribution in [0.3, 0.4) is 0 Å². The molecule has 34 heavy (non-hydrogen) atoms. The van der Waals surface area contributed by atoms with Crippen molar-refractivity contribution in [3.63, 3.8) is 0 Å². The highest BCUT2D eigenvalue weighted by Gasteiger charge is 2.38. The largest absolute Gasteiger partial charge is 0.490 e. The normalized spacial score (nSPS) is 11.2. The first-order valence-electron chi connectivity index (χ1n) is 9.93. The van der Waals surface area contributed by atoms with Crippen LogP contribution in [0.2, 0.25) is 0 Å². The number of aromatic carboxylic acids is 1. The number of aliphatic carboxylic acids is 1. The van der Waals surface area contributed by atoms with Crippen molar-refractivity contribution in [2.45, 2.75) is 37.8 Å². The molecule has 188 valence electrons. The quantitative estimate of drug-likeness (QED) is 0.424. The summed E-state index contributed by atoms with van der Waals surface area (Å²) in [6, 6.07) is 8.83. The van der Waals surface area contributed by atoms with E-state index in [-0.39, 0.29) is 16.1 Å². The summed E-state index contributed by atoms with van der Waals surface area (Å²) in [6.45, 7) is 5.42. The molecule has 0 heterocycles. The number of rotatable bonds is 9. The van der Waals surface area contributed by atoms with Gasteiger partial charge in [-0.15, -0.1) is 0 Å². The Hall–Kier alpha value is -3.35. The van der Waals surface area contributed by atoms with E-state index in [1.54, 1.807) is 6.07 Å². The van der Waals surface area contributed by atoms with Crippen LogP contribution in [0.4, 0.5) is 28.9 Å². The molecule has 3 N–H and O–H groups in total. The number of carboxylic acid groups (broad SMARTS) is 2. The number of alkyl halides is 3. The van der Waals surface area contributed by atoms with Gasteiger partial charge >= 0.3 is 18.1 Å². The molecular weight excluding hydrogens is 484 g/mol. The average molecular weight is 508 g/mol. The van der Waals surface area contributed by atoms with Crippen LogP contribution >= 0.6 is 0 Å². The van der Waals surface area contributed by atoms with Gasteiger partial charge in [-0.2, -0.15) is 13.2 Å². The second-order valence-electron chi connectivity index (χ2n) is 6.89. The number of halogens is 4. The van der Waals surface area contributed by atoms with Gasteiger partial charge in [0.15, 0.2) is 0 Å². The summed E-state index contributed by atoms with van der Waals surface area (Å²) in [5.74, 6) is -4.43. The summed E-state index contributed by atoms with van der Waals surface area (Å²) < 4.78 is 71.9. The Balaban J connectivity index is 0.000000718. The van der Waals surface area contributed by atoms with Gasteiger partial charge < -0.3 is 15.1 Å². The van der Waals surface area contributed by atoms with E-state index in [4.69, 9.17) is 9.90 Å². The second-order valence-corrected chi connectivity index (χ2v) is 8.57. The first kappa shape index (κ1) is 28.7. The van der Waals surface area contributed by atoms with Crippen LogP contribution in [0.15, 0.2) is 47.4 Å². The van der Waals surface area contributed by atoms with E-state index in [0.29, 0.717) is 18.8 Å². The topological polar surface area (TPSA) is 124 Å². The highest BCUT2D eigenvalue weighted by molar-refractivity contribution is 7.92. The zero-order valence-electron chi connectivity index (χ0n) is 18.3. The van der Waals surface area contributed by atoms with E-state index < -0.39 is 34.0 Å². The number of nitrogens with one attached hydrogen (secondary N) is 1. The Bertz CT molecular complexity index is 1080. The molecule has 0 bridgehead atoms. The lowest BCUT2D eigenvalue weighted by atomic mass is 10.1. The first-order chi connectivity index (χ1) is 15.7. The molecule has 0 radical (unpaired) electrons. The van der Waals surface area contributed by atoms with E-state index in [9.17, 15) is 35.9 Å². The maximum Gasteiger partial charge on any atom is 0.490 e. The molecule has 0 aliphatic carbocycles. The lowest BCUT2D eigenvalue weighted by Gasteiger charge is -2.25. The van der Waals surface area contributed by atoms with Crippen LogP contribution in [0.25, 0.3) is 0 Å². The van der Waals surface area contributed by atoms with Crippen molar-refractivity contribution in [3.8, 4) is 0 Å². The first-order valence-corrected chi connectivity index (χ1v) is 11.4. The summed E-state index contributed by atoms with van der Waals surface area (Å²) in [6.07, 6.45) is -3.37. The number of benzene rings is 2. The zero-order chi connectivity index (χ0) is 26.1. The maximum atomic E-state index is 13.0. The number of anilines is 2. The Kier molecular flexibility index (Phi) is 10.3. The van der Waals surface area contributed by atoms with Gasteiger partial charge in [0.2, 0.25) is 0 Å². The molecule has 0 aromatic heterocycles. The molecule has 8 nitrogen and oxygen atoms in total. The van der Waals surface area contributed by atoms with Crippen molar-refractivity contribution in [2.75, 3.05) is 22.7 Å². The Morgan fingerprint density at radius 3 is 1.88 bits per heavy atom. The fourth-order valence-corrected chi connectivity index (χ4v) is 3.82. The van der Waals surface area contributed by atoms with E-state index in [2.05, 4.69) is 4.72 Å². The smallest absolute Gasteiger partial charge is 0.478 e. The molecular formula is C21H24F4N2O6S. The second kappa shape index (κ2) is 12.2. The van der Waals surface area contributed by atoms with Crippen LogP contribution in [0.1, 0.15) is 37.0 Å². The number of nitrogens with zero attached hydrogens (tertiary/aromatic N) is 1. The average Bonchev–Trinajstić information content (AvgIpc) is 2.73. The summed E-state index contributed by atoms with van der Waals surface area (Å²) in [7, 11) is -3.95. The lowest BCUT2D eigenvalue weighted by Crippen LogP contribution is -2.27. The fourth-order valence-electron chi connectivity index (χ4n) is 2.77. The molecule has 2 aromatic rings. The number of sulfonamides is 1. The molecule has 2 rings (SSSR count). The Morgan fingerprint density at radius 2 is 1.47 bits per heavy atom. The molecule has 0 aliphatic heterocycles. The molecule has 0 amide bonds. The highest BCUT2D eigenvalue weighted by Crippen LogP contribution is 2.27. The number of hydrogen-bond donors (Lipinski definition) is 3. The van der Waals surface area contributed by atoms with Crippen LogP contribution < -0.4 is 9.62 Å². The molecule has 0 atom stereocenters. The summed E-state index contributed by atoms with van der Waals surface area (Å²) in [4.78, 5) is 22.5. The zero-order valence-corrected chi connectivity index (χ0v) is 19.1.